The van der Waals surface area contributed by atoms with Crippen LogP contribution >= 0.6 is 0 Å². The zero-order valence-electron chi connectivity index (χ0n) is 29.0. The molecule has 0 bridgehead atoms. The minimum absolute atomic E-state index is 0.214. The number of hydrogen-bond donors (Lipinski definition) is 0. The molecule has 2 atom stereocenters. The first-order valence-corrected chi connectivity index (χ1v) is 17.1. The van der Waals surface area contributed by atoms with E-state index in [-0.39, 0.29) is 6.03 Å². The summed E-state index contributed by atoms with van der Waals surface area (Å²) >= 11 is 0. The van der Waals surface area contributed by atoms with E-state index in [0.717, 1.165) is 71.1 Å². The van der Waals surface area contributed by atoms with Gasteiger partial charge >= 0.3 is 6.03 Å². The zero-order chi connectivity index (χ0) is 31.1. The Morgan fingerprint density at radius 2 is 1.02 bits per heavy atom. The topological polar surface area (TPSA) is 53.6 Å². The van der Waals surface area contributed by atoms with Crippen molar-refractivity contribution in [1.82, 2.24) is 29.4 Å². The number of hydrogen-bond acceptors (Lipinski definition) is 5. The summed E-state index contributed by atoms with van der Waals surface area (Å²) in [5, 5.41) is 0. The molecule has 0 radical (unpaired) electrons. The number of amides is 3. The van der Waals surface area contributed by atoms with E-state index >= 15 is 0 Å². The zero-order valence-corrected chi connectivity index (χ0v) is 29.0. The molecule has 8 nitrogen and oxygen atoms in total. The molecule has 0 aromatic rings. The third kappa shape index (κ3) is 11.7. The molecule has 0 aliphatic carbocycles. The van der Waals surface area contributed by atoms with Crippen molar-refractivity contribution in [3.05, 3.63) is 0 Å². The smallest absolute Gasteiger partial charge is 0.320 e. The van der Waals surface area contributed by atoms with Crippen LogP contribution < -0.4 is 0 Å². The molecule has 5 aliphatic rings. The molecule has 0 N–H and O–H groups in total. The summed E-state index contributed by atoms with van der Waals surface area (Å²) in [5.41, 5.74) is 0. The molecule has 0 saturated carbocycles. The van der Waals surface area contributed by atoms with Gasteiger partial charge in [0.1, 0.15) is 0 Å². The van der Waals surface area contributed by atoms with Gasteiger partial charge in [-0.05, 0) is 86.7 Å². The van der Waals surface area contributed by atoms with Crippen LogP contribution in [0.5, 0.6) is 0 Å². The highest BCUT2D eigenvalue weighted by atomic mass is 16.2. The molecule has 5 aliphatic heterocycles. The molecule has 0 aromatic heterocycles. The maximum absolute atomic E-state index is 11.8. The molecule has 0 aromatic carbocycles. The van der Waals surface area contributed by atoms with Gasteiger partial charge in [0, 0.05) is 89.5 Å². The van der Waals surface area contributed by atoms with Crippen molar-refractivity contribution < 1.29 is 9.59 Å². The van der Waals surface area contributed by atoms with E-state index in [0.29, 0.717) is 30.1 Å². The number of nitrogens with zero attached hydrogens (tertiary/aromatic N) is 6. The molecule has 3 amide bonds. The van der Waals surface area contributed by atoms with Gasteiger partial charge in [-0.2, -0.15) is 0 Å². The maximum atomic E-state index is 11.8. The summed E-state index contributed by atoms with van der Waals surface area (Å²) < 4.78 is 0. The van der Waals surface area contributed by atoms with Crippen molar-refractivity contribution in [2.24, 2.45) is 0 Å². The highest BCUT2D eigenvalue weighted by Crippen LogP contribution is 2.23. The fourth-order valence-electron chi connectivity index (χ4n) is 6.30. The molecule has 41 heavy (non-hydrogen) atoms. The van der Waals surface area contributed by atoms with Crippen LogP contribution in [-0.2, 0) is 4.79 Å². The van der Waals surface area contributed by atoms with Gasteiger partial charge in [0.25, 0.3) is 0 Å². The molecular formula is C33H68N6O2. The molecule has 5 heterocycles. The summed E-state index contributed by atoms with van der Waals surface area (Å²) in [6.07, 6.45) is 6.98. The second-order valence-corrected chi connectivity index (χ2v) is 12.5. The minimum atomic E-state index is 0.214. The van der Waals surface area contributed by atoms with Gasteiger partial charge in [0.2, 0.25) is 5.91 Å². The van der Waals surface area contributed by atoms with Crippen LogP contribution in [0.4, 0.5) is 4.79 Å². The first-order valence-electron chi connectivity index (χ1n) is 17.1. The second-order valence-electron chi connectivity index (χ2n) is 12.5. The van der Waals surface area contributed by atoms with Gasteiger partial charge in [-0.15, -0.1) is 0 Å². The average molecular weight is 581 g/mol. The molecule has 5 fully saturated rings. The van der Waals surface area contributed by atoms with Gasteiger partial charge in [0.05, 0.1) is 0 Å². The highest BCUT2D eigenvalue weighted by molar-refractivity contribution is 5.78. The van der Waals surface area contributed by atoms with Gasteiger partial charge < -0.3 is 19.6 Å². The lowest BCUT2D eigenvalue weighted by Crippen LogP contribution is -2.41. The number of likely N-dealkylation sites (tertiary alicyclic amines) is 4. The van der Waals surface area contributed by atoms with Crippen LogP contribution in [0.1, 0.15) is 108 Å². The van der Waals surface area contributed by atoms with Crippen LogP contribution in [-0.4, -0.2) is 137 Å². The molecule has 5 rings (SSSR count). The Hall–Kier alpha value is -1.38. The Morgan fingerprint density at radius 1 is 0.561 bits per heavy atom. The van der Waals surface area contributed by atoms with Gasteiger partial charge in [0.15, 0.2) is 0 Å². The molecule has 242 valence electrons. The summed E-state index contributed by atoms with van der Waals surface area (Å²) in [4.78, 5) is 36.8. The standard InChI is InChI=1S/C11H21N3O.C11H20N2O.C7H15N.2C2H6/c1-9(2)13-5-4-10(8-13)14-7-6-12(3)11(14)15;1-9(2)12-7-5-10(8-12)13-6-3-4-11(13)14;1-7(2)8-5-3-4-6-8;2*1-2/h9-10H,4-8H2,1-3H3;9-10H,3-8H2,1-2H3;7H,3-6H2,1-2H3;2*1-2H3. The van der Waals surface area contributed by atoms with Gasteiger partial charge in [-0.25, -0.2) is 4.79 Å². The predicted octanol–water partition coefficient (Wildman–Crippen LogP) is 5.47. The third-order valence-corrected chi connectivity index (χ3v) is 8.96. The van der Waals surface area contributed by atoms with Crippen LogP contribution in [0.15, 0.2) is 0 Å². The van der Waals surface area contributed by atoms with Gasteiger partial charge in [-0.3, -0.25) is 14.6 Å². The minimum Gasteiger partial charge on any atom is -0.338 e. The molecular weight excluding hydrogens is 512 g/mol. The Bertz CT molecular complexity index is 725. The third-order valence-electron chi connectivity index (χ3n) is 8.96. The fraction of sp³-hybridized carbons (Fsp3) is 0.939. The largest absolute Gasteiger partial charge is 0.338 e. The summed E-state index contributed by atoms with van der Waals surface area (Å²) in [5.74, 6) is 0.376. The van der Waals surface area contributed by atoms with Crippen molar-refractivity contribution in [2.45, 2.75) is 138 Å². The lowest BCUT2D eigenvalue weighted by Gasteiger charge is -2.25. The molecule has 5 saturated heterocycles. The normalized spacial score (nSPS) is 25.3. The lowest BCUT2D eigenvalue weighted by atomic mass is 10.2. The Morgan fingerprint density at radius 3 is 1.34 bits per heavy atom. The molecule has 2 unspecified atom stereocenters. The number of carbonyl (C=O) groups excluding carboxylic acids is 2. The molecule has 8 heteroatoms. The van der Waals surface area contributed by atoms with E-state index in [9.17, 15) is 9.59 Å². The fourth-order valence-corrected chi connectivity index (χ4v) is 6.30. The van der Waals surface area contributed by atoms with Crippen molar-refractivity contribution >= 4 is 11.9 Å². The highest BCUT2D eigenvalue weighted by Gasteiger charge is 2.36. The number of carbonyl (C=O) groups is 2. The SMILES string of the molecule is CC.CC.CC(C)N1CCC(N2CCCC2=O)C1.CC(C)N1CCC(N2CCN(C)C2=O)C1.CC(C)N1CCCC1. The number of urea groups is 1. The maximum Gasteiger partial charge on any atom is 0.320 e. The first kappa shape index (κ1) is 37.6. The lowest BCUT2D eigenvalue weighted by molar-refractivity contribution is -0.129. The Kier molecular flexibility index (Phi) is 18.1. The van der Waals surface area contributed by atoms with Crippen molar-refractivity contribution in [2.75, 3.05) is 66.0 Å². The molecule has 0 spiro atoms. The predicted molar refractivity (Wildman–Crippen MR) is 175 cm³/mol. The summed E-state index contributed by atoms with van der Waals surface area (Å²) in [7, 11) is 1.89. The van der Waals surface area contributed by atoms with Crippen LogP contribution in [0.3, 0.4) is 0 Å². The van der Waals surface area contributed by atoms with Gasteiger partial charge in [-0.1, -0.05) is 27.7 Å². The van der Waals surface area contributed by atoms with E-state index in [1.807, 2.05) is 44.5 Å². The van der Waals surface area contributed by atoms with Crippen molar-refractivity contribution in [1.29, 1.82) is 0 Å². The summed E-state index contributed by atoms with van der Waals surface area (Å²) in [6.45, 7) is 31.3. The number of rotatable bonds is 5. The first-order chi connectivity index (χ1) is 19.6. The second kappa shape index (κ2) is 19.7. The van der Waals surface area contributed by atoms with E-state index in [1.54, 1.807) is 0 Å². The van der Waals surface area contributed by atoms with Crippen LogP contribution in [0, 0.1) is 0 Å². The monoisotopic (exact) mass is 581 g/mol. The van der Waals surface area contributed by atoms with E-state index in [1.165, 1.54) is 32.4 Å². The number of likely N-dealkylation sites (N-methyl/N-ethyl adjacent to an activating group) is 1. The Balaban J connectivity index is 0.000000300. The van der Waals surface area contributed by atoms with Crippen molar-refractivity contribution in [3.63, 3.8) is 0 Å². The van der Waals surface area contributed by atoms with E-state index in [2.05, 4.69) is 61.1 Å². The van der Waals surface area contributed by atoms with E-state index in [4.69, 9.17) is 0 Å². The average Bonchev–Trinajstić information content (AvgIpc) is 3.79. The van der Waals surface area contributed by atoms with Crippen LogP contribution in [0.2, 0.25) is 0 Å². The summed E-state index contributed by atoms with van der Waals surface area (Å²) in [6, 6.07) is 3.17. The quantitative estimate of drug-likeness (QED) is 0.432. The Labute approximate surface area is 254 Å². The van der Waals surface area contributed by atoms with Crippen molar-refractivity contribution in [3.8, 4) is 0 Å². The van der Waals surface area contributed by atoms with Crippen LogP contribution in [0.25, 0.3) is 0 Å². The van der Waals surface area contributed by atoms with E-state index < -0.39 is 0 Å².